The maximum Gasteiger partial charge on any atom is 0.182 e. The van der Waals surface area contributed by atoms with Gasteiger partial charge in [-0.3, -0.25) is 9.69 Å². The molecule has 19 heavy (non-hydrogen) atoms. The third-order valence-electron chi connectivity index (χ3n) is 3.57. The smallest absolute Gasteiger partial charge is 0.182 e. The lowest BCUT2D eigenvalue weighted by Crippen LogP contribution is -2.45. The third-order valence-corrected chi connectivity index (χ3v) is 3.57. The molecule has 0 aliphatic carbocycles. The van der Waals surface area contributed by atoms with E-state index in [4.69, 9.17) is 0 Å². The largest absolute Gasteiger partial charge is 0.293 e. The van der Waals surface area contributed by atoms with E-state index in [1.54, 1.807) is 18.2 Å². The van der Waals surface area contributed by atoms with Crippen molar-refractivity contribution in [2.24, 2.45) is 0 Å². The molecule has 0 spiro atoms. The van der Waals surface area contributed by atoms with Crippen LogP contribution in [-0.4, -0.2) is 29.8 Å². The molecule has 0 bridgehead atoms. The molecule has 1 saturated heterocycles. The number of halogens is 2. The first-order valence-corrected chi connectivity index (χ1v) is 6.77. The van der Waals surface area contributed by atoms with E-state index in [0.29, 0.717) is 0 Å². The van der Waals surface area contributed by atoms with Gasteiger partial charge in [0.2, 0.25) is 0 Å². The summed E-state index contributed by atoms with van der Waals surface area (Å²) in [6, 6.07) is 6.17. The predicted octanol–water partition coefficient (Wildman–Crippen LogP) is 3.69. The summed E-state index contributed by atoms with van der Waals surface area (Å²) < 4.78 is 13.7. The van der Waals surface area contributed by atoms with Crippen LogP contribution in [0.2, 0.25) is 0 Å². The van der Waals surface area contributed by atoms with E-state index in [-0.39, 0.29) is 29.8 Å². The van der Waals surface area contributed by atoms with Gasteiger partial charge in [-0.05, 0) is 44.5 Å². The van der Waals surface area contributed by atoms with Crippen LogP contribution in [0.5, 0.6) is 0 Å². The van der Waals surface area contributed by atoms with E-state index in [1.807, 2.05) is 0 Å². The molecule has 2 rings (SSSR count). The third kappa shape index (κ3) is 3.77. The molecule has 106 valence electrons. The zero-order valence-corrected chi connectivity index (χ0v) is 12.1. The highest BCUT2D eigenvalue weighted by molar-refractivity contribution is 6.00. The minimum Gasteiger partial charge on any atom is -0.293 e. The van der Waals surface area contributed by atoms with Crippen molar-refractivity contribution in [3.05, 3.63) is 35.6 Å². The summed E-state index contributed by atoms with van der Waals surface area (Å²) in [5.41, 5.74) is 0.241. The number of rotatable bonds is 4. The Bertz CT molecular complexity index is 422. The molecule has 0 N–H and O–H groups in total. The zero-order valence-electron chi connectivity index (χ0n) is 11.3. The van der Waals surface area contributed by atoms with Gasteiger partial charge in [0.1, 0.15) is 5.82 Å². The number of ketones is 1. The monoisotopic (exact) mass is 285 g/mol. The number of carbonyl (C=O) groups excluding carboxylic acids is 1. The van der Waals surface area contributed by atoms with E-state index in [1.165, 1.54) is 6.07 Å². The molecule has 1 aliphatic heterocycles. The highest BCUT2D eigenvalue weighted by Crippen LogP contribution is 2.22. The van der Waals surface area contributed by atoms with Crippen LogP contribution in [0.1, 0.15) is 43.0 Å². The van der Waals surface area contributed by atoms with E-state index in [0.717, 1.165) is 38.8 Å². The molecule has 0 aromatic heterocycles. The number of Topliss-reactive ketones (excluding diaryl/α,β-unsaturated/α-hetero) is 1. The summed E-state index contributed by atoms with van der Waals surface area (Å²) in [6.45, 7) is 3.99. The highest BCUT2D eigenvalue weighted by Gasteiger charge is 2.29. The molecule has 0 amide bonds. The van der Waals surface area contributed by atoms with Gasteiger partial charge in [0.25, 0.3) is 0 Å². The number of hydrogen-bond acceptors (Lipinski definition) is 2. The molecule has 1 unspecified atom stereocenters. The first-order chi connectivity index (χ1) is 8.74. The van der Waals surface area contributed by atoms with Gasteiger partial charge < -0.3 is 0 Å². The van der Waals surface area contributed by atoms with Gasteiger partial charge in [-0.1, -0.05) is 25.5 Å². The fourth-order valence-electron chi connectivity index (χ4n) is 2.68. The SMILES string of the molecule is CCCN1CCCCC1C(=O)c1ccccc1F.Cl. The molecule has 1 aromatic carbocycles. The second-order valence-electron chi connectivity index (χ2n) is 4.89. The average molecular weight is 286 g/mol. The van der Waals surface area contributed by atoms with Crippen molar-refractivity contribution in [3.63, 3.8) is 0 Å². The fraction of sp³-hybridized carbons (Fsp3) is 0.533. The van der Waals surface area contributed by atoms with Gasteiger partial charge in [0.05, 0.1) is 11.6 Å². The van der Waals surface area contributed by atoms with E-state index in [9.17, 15) is 9.18 Å². The van der Waals surface area contributed by atoms with Crippen molar-refractivity contribution in [2.75, 3.05) is 13.1 Å². The summed E-state index contributed by atoms with van der Waals surface area (Å²) in [6.07, 6.45) is 4.08. The average Bonchev–Trinajstić information content (AvgIpc) is 2.40. The van der Waals surface area contributed by atoms with E-state index < -0.39 is 5.82 Å². The number of piperidine rings is 1. The Balaban J connectivity index is 0.00000180. The highest BCUT2D eigenvalue weighted by atomic mass is 35.5. The Morgan fingerprint density at radius 2 is 2.11 bits per heavy atom. The van der Waals surface area contributed by atoms with Gasteiger partial charge in [-0.2, -0.15) is 0 Å². The molecule has 1 aliphatic rings. The molecule has 1 atom stereocenters. The van der Waals surface area contributed by atoms with Crippen LogP contribution in [0.15, 0.2) is 24.3 Å². The standard InChI is InChI=1S/C15H20FNO.ClH/c1-2-10-17-11-6-5-9-14(17)15(18)12-7-3-4-8-13(12)16;/h3-4,7-8,14H,2,5-6,9-11H2,1H3;1H. The summed E-state index contributed by atoms with van der Waals surface area (Å²) in [5.74, 6) is -0.453. The second kappa shape index (κ2) is 7.61. The summed E-state index contributed by atoms with van der Waals surface area (Å²) in [5, 5.41) is 0. The zero-order chi connectivity index (χ0) is 13.0. The molecule has 0 radical (unpaired) electrons. The lowest BCUT2D eigenvalue weighted by atomic mass is 9.94. The maximum absolute atomic E-state index is 13.7. The Morgan fingerprint density at radius 1 is 1.37 bits per heavy atom. The minimum absolute atomic E-state index is 0. The molecule has 4 heteroatoms. The first-order valence-electron chi connectivity index (χ1n) is 6.77. The van der Waals surface area contributed by atoms with Crippen molar-refractivity contribution < 1.29 is 9.18 Å². The Kier molecular flexibility index (Phi) is 6.46. The number of benzene rings is 1. The van der Waals surface area contributed by atoms with Crippen LogP contribution in [0.3, 0.4) is 0 Å². The van der Waals surface area contributed by atoms with Crippen molar-refractivity contribution in [1.29, 1.82) is 0 Å². The summed E-state index contributed by atoms with van der Waals surface area (Å²) >= 11 is 0. The molecule has 0 saturated carbocycles. The van der Waals surface area contributed by atoms with E-state index >= 15 is 0 Å². The fourth-order valence-corrected chi connectivity index (χ4v) is 2.68. The van der Waals surface area contributed by atoms with Gasteiger partial charge in [-0.25, -0.2) is 4.39 Å². The minimum atomic E-state index is -0.399. The van der Waals surface area contributed by atoms with Crippen LogP contribution < -0.4 is 0 Å². The summed E-state index contributed by atoms with van der Waals surface area (Å²) in [7, 11) is 0. The molecule has 2 nitrogen and oxygen atoms in total. The van der Waals surface area contributed by atoms with Crippen molar-refractivity contribution in [2.45, 2.75) is 38.6 Å². The first kappa shape index (κ1) is 16.1. The Hall–Kier alpha value is -0.930. The van der Waals surface area contributed by atoms with E-state index in [2.05, 4.69) is 11.8 Å². The Morgan fingerprint density at radius 3 is 2.79 bits per heavy atom. The van der Waals surface area contributed by atoms with Gasteiger partial charge in [-0.15, -0.1) is 12.4 Å². The van der Waals surface area contributed by atoms with Crippen molar-refractivity contribution in [1.82, 2.24) is 4.90 Å². The normalized spacial score (nSPS) is 19.8. The number of hydrogen-bond donors (Lipinski definition) is 0. The molecule has 1 aromatic rings. The maximum atomic E-state index is 13.7. The topological polar surface area (TPSA) is 20.3 Å². The lowest BCUT2D eigenvalue weighted by Gasteiger charge is -2.34. The summed E-state index contributed by atoms with van der Waals surface area (Å²) in [4.78, 5) is 14.6. The number of likely N-dealkylation sites (tertiary alicyclic amines) is 1. The molecule has 1 heterocycles. The van der Waals surface area contributed by atoms with Crippen LogP contribution in [0.25, 0.3) is 0 Å². The second-order valence-corrected chi connectivity index (χ2v) is 4.89. The molecular formula is C15H21ClFNO. The van der Waals surface area contributed by atoms with Gasteiger partial charge in [0, 0.05) is 0 Å². The van der Waals surface area contributed by atoms with Crippen molar-refractivity contribution >= 4 is 18.2 Å². The number of nitrogens with zero attached hydrogens (tertiary/aromatic N) is 1. The Labute approximate surface area is 120 Å². The van der Waals surface area contributed by atoms with Crippen LogP contribution in [-0.2, 0) is 0 Å². The van der Waals surface area contributed by atoms with Gasteiger partial charge >= 0.3 is 0 Å². The lowest BCUT2D eigenvalue weighted by molar-refractivity contribution is 0.0742. The van der Waals surface area contributed by atoms with Crippen LogP contribution in [0, 0.1) is 5.82 Å². The predicted molar refractivity (Wildman–Crippen MR) is 77.5 cm³/mol. The van der Waals surface area contributed by atoms with Gasteiger partial charge in [0.15, 0.2) is 5.78 Å². The van der Waals surface area contributed by atoms with Crippen LogP contribution >= 0.6 is 12.4 Å². The van der Waals surface area contributed by atoms with Crippen molar-refractivity contribution in [3.8, 4) is 0 Å². The molecule has 1 fully saturated rings. The quantitative estimate of drug-likeness (QED) is 0.786. The number of carbonyl (C=O) groups is 1. The molecular weight excluding hydrogens is 265 g/mol. The van der Waals surface area contributed by atoms with Crippen LogP contribution in [0.4, 0.5) is 4.39 Å².